The molecule has 156 valence electrons. The summed E-state index contributed by atoms with van der Waals surface area (Å²) in [6.07, 6.45) is 0.244. The van der Waals surface area contributed by atoms with Gasteiger partial charge in [-0.3, -0.25) is 4.79 Å². The summed E-state index contributed by atoms with van der Waals surface area (Å²) in [6, 6.07) is 7.75. The molecule has 28 heavy (non-hydrogen) atoms. The highest BCUT2D eigenvalue weighted by Crippen LogP contribution is 2.35. The van der Waals surface area contributed by atoms with Crippen LogP contribution in [0.2, 0.25) is 0 Å². The number of ether oxygens (including phenoxy) is 3. The molecule has 0 saturated carbocycles. The summed E-state index contributed by atoms with van der Waals surface area (Å²) in [6.45, 7) is 12.5. The van der Waals surface area contributed by atoms with E-state index in [4.69, 9.17) is 14.2 Å². The van der Waals surface area contributed by atoms with E-state index < -0.39 is 5.60 Å². The van der Waals surface area contributed by atoms with Crippen molar-refractivity contribution in [2.75, 3.05) is 19.7 Å². The third-order valence-corrected chi connectivity index (χ3v) is 4.51. The van der Waals surface area contributed by atoms with E-state index >= 15 is 0 Å². The summed E-state index contributed by atoms with van der Waals surface area (Å²) >= 11 is 0. The highest BCUT2D eigenvalue weighted by molar-refractivity contribution is 5.75. The minimum absolute atomic E-state index is 0.0562. The Morgan fingerprint density at radius 1 is 1.25 bits per heavy atom. The quantitative estimate of drug-likeness (QED) is 0.697. The Morgan fingerprint density at radius 3 is 2.57 bits per heavy atom. The van der Waals surface area contributed by atoms with Crippen LogP contribution in [-0.4, -0.2) is 48.4 Å². The molecule has 1 saturated heterocycles. The van der Waals surface area contributed by atoms with Gasteiger partial charge >= 0.3 is 12.1 Å². The number of hydrogen-bond acceptors (Lipinski definition) is 5. The Kier molecular flexibility index (Phi) is 7.33. The van der Waals surface area contributed by atoms with Gasteiger partial charge in [-0.25, -0.2) is 4.79 Å². The molecule has 1 heterocycles. The molecule has 2 atom stereocenters. The zero-order chi connectivity index (χ0) is 20.9. The molecule has 1 aromatic carbocycles. The van der Waals surface area contributed by atoms with Crippen LogP contribution < -0.4 is 4.74 Å². The number of benzene rings is 1. The number of hydrogen-bond donors (Lipinski definition) is 0. The van der Waals surface area contributed by atoms with Gasteiger partial charge in [0.25, 0.3) is 0 Å². The summed E-state index contributed by atoms with van der Waals surface area (Å²) in [5.41, 5.74) is 0.403. The van der Waals surface area contributed by atoms with Crippen LogP contribution in [0, 0.1) is 5.92 Å². The summed E-state index contributed by atoms with van der Waals surface area (Å²) in [5.74, 6) is 0.0694. The Labute approximate surface area is 168 Å². The first kappa shape index (κ1) is 22.1. The summed E-state index contributed by atoms with van der Waals surface area (Å²) in [5, 5.41) is 0. The van der Waals surface area contributed by atoms with Gasteiger partial charge in [-0.1, -0.05) is 12.1 Å². The number of esters is 1. The molecule has 1 amide bonds. The molecule has 1 aliphatic heterocycles. The highest BCUT2D eigenvalue weighted by Gasteiger charge is 2.39. The molecule has 2 rings (SSSR count). The van der Waals surface area contributed by atoms with Gasteiger partial charge in [-0.2, -0.15) is 0 Å². The monoisotopic (exact) mass is 391 g/mol. The van der Waals surface area contributed by atoms with Crippen molar-refractivity contribution in [1.82, 2.24) is 4.90 Å². The predicted octanol–water partition coefficient (Wildman–Crippen LogP) is 4.38. The molecule has 0 aromatic heterocycles. The fourth-order valence-corrected chi connectivity index (χ4v) is 3.40. The van der Waals surface area contributed by atoms with Gasteiger partial charge in [0.05, 0.1) is 18.6 Å². The van der Waals surface area contributed by atoms with E-state index in [0.29, 0.717) is 26.1 Å². The van der Waals surface area contributed by atoms with Crippen molar-refractivity contribution >= 4 is 12.1 Å². The van der Waals surface area contributed by atoms with Crippen LogP contribution in [0.3, 0.4) is 0 Å². The fraction of sp³-hybridized carbons (Fsp3) is 0.636. The molecule has 0 radical (unpaired) electrons. The minimum Gasteiger partial charge on any atom is -0.491 e. The van der Waals surface area contributed by atoms with E-state index in [1.165, 1.54) is 0 Å². The molecule has 0 spiro atoms. The second-order valence-corrected chi connectivity index (χ2v) is 8.42. The van der Waals surface area contributed by atoms with Gasteiger partial charge in [0.2, 0.25) is 0 Å². The highest BCUT2D eigenvalue weighted by atomic mass is 16.6. The topological polar surface area (TPSA) is 65.1 Å². The van der Waals surface area contributed by atoms with Gasteiger partial charge < -0.3 is 19.1 Å². The molecule has 0 N–H and O–H groups in total. The number of piperidine rings is 1. The molecular formula is C22H33NO5. The Morgan fingerprint density at radius 2 is 1.96 bits per heavy atom. The third-order valence-electron chi connectivity index (χ3n) is 4.51. The number of nitrogens with zero attached hydrogens (tertiary/aromatic N) is 1. The molecule has 1 aliphatic rings. The van der Waals surface area contributed by atoms with Gasteiger partial charge in [0, 0.05) is 19.0 Å². The Bertz CT molecular complexity index is 680. The first-order valence-corrected chi connectivity index (χ1v) is 10.0. The van der Waals surface area contributed by atoms with E-state index in [1.54, 1.807) is 11.8 Å². The van der Waals surface area contributed by atoms with Gasteiger partial charge in [0.1, 0.15) is 11.4 Å². The zero-order valence-corrected chi connectivity index (χ0v) is 17.9. The molecule has 1 unspecified atom stereocenters. The van der Waals surface area contributed by atoms with E-state index in [1.807, 2.05) is 58.9 Å². The normalized spacial score (nSPS) is 20.0. The van der Waals surface area contributed by atoms with Crippen LogP contribution in [0.1, 0.15) is 59.4 Å². The van der Waals surface area contributed by atoms with Crippen molar-refractivity contribution < 1.29 is 23.8 Å². The van der Waals surface area contributed by atoms with E-state index in [9.17, 15) is 9.59 Å². The Balaban J connectivity index is 2.27. The maximum absolute atomic E-state index is 12.6. The zero-order valence-electron chi connectivity index (χ0n) is 17.9. The molecule has 0 aliphatic carbocycles. The van der Waals surface area contributed by atoms with Crippen molar-refractivity contribution in [3.05, 3.63) is 29.8 Å². The van der Waals surface area contributed by atoms with Crippen LogP contribution in [0.5, 0.6) is 5.75 Å². The smallest absolute Gasteiger partial charge is 0.410 e. The summed E-state index contributed by atoms with van der Waals surface area (Å²) in [4.78, 5) is 26.8. The first-order valence-electron chi connectivity index (χ1n) is 10.0. The van der Waals surface area contributed by atoms with E-state index in [0.717, 1.165) is 11.3 Å². The number of amides is 1. The molecule has 1 fully saturated rings. The summed E-state index contributed by atoms with van der Waals surface area (Å²) < 4.78 is 16.6. The maximum atomic E-state index is 12.6. The van der Waals surface area contributed by atoms with Crippen molar-refractivity contribution in [2.45, 2.75) is 65.6 Å². The number of carbonyl (C=O) groups is 2. The van der Waals surface area contributed by atoms with Crippen molar-refractivity contribution in [3.8, 4) is 5.75 Å². The van der Waals surface area contributed by atoms with Crippen LogP contribution in [0.4, 0.5) is 4.79 Å². The molecule has 6 heteroatoms. The van der Waals surface area contributed by atoms with Crippen LogP contribution in [0.25, 0.3) is 0 Å². The lowest BCUT2D eigenvalue weighted by atomic mass is 9.80. The second-order valence-electron chi connectivity index (χ2n) is 8.42. The van der Waals surface area contributed by atoms with Gasteiger partial charge in [-0.05, 0) is 65.7 Å². The number of carbonyl (C=O) groups excluding carboxylic acids is 2. The molecule has 6 nitrogen and oxygen atoms in total. The van der Waals surface area contributed by atoms with Crippen LogP contribution in [0.15, 0.2) is 24.3 Å². The van der Waals surface area contributed by atoms with Crippen LogP contribution >= 0.6 is 0 Å². The third kappa shape index (κ3) is 6.14. The Hall–Kier alpha value is -2.24. The number of likely N-dealkylation sites (tertiary alicyclic amines) is 1. The molecular weight excluding hydrogens is 358 g/mol. The van der Waals surface area contributed by atoms with Gasteiger partial charge in [0.15, 0.2) is 0 Å². The average Bonchev–Trinajstić information content (AvgIpc) is 2.59. The van der Waals surface area contributed by atoms with E-state index in [2.05, 4.69) is 0 Å². The lowest BCUT2D eigenvalue weighted by Crippen LogP contribution is -2.47. The number of rotatable bonds is 5. The average molecular weight is 392 g/mol. The lowest BCUT2D eigenvalue weighted by molar-refractivity contribution is -0.150. The first-order chi connectivity index (χ1) is 13.1. The minimum atomic E-state index is -0.560. The lowest BCUT2D eigenvalue weighted by Gasteiger charge is -2.38. The van der Waals surface area contributed by atoms with Gasteiger partial charge in [-0.15, -0.1) is 0 Å². The summed E-state index contributed by atoms with van der Waals surface area (Å²) in [7, 11) is 0. The van der Waals surface area contributed by atoms with Crippen LogP contribution in [-0.2, 0) is 14.3 Å². The van der Waals surface area contributed by atoms with E-state index in [-0.39, 0.29) is 30.0 Å². The van der Waals surface area contributed by atoms with Crippen molar-refractivity contribution in [1.29, 1.82) is 0 Å². The van der Waals surface area contributed by atoms with Crippen molar-refractivity contribution in [3.63, 3.8) is 0 Å². The second kappa shape index (κ2) is 9.30. The SMILES string of the molecule is CCOC(=O)[C@@H]1CCN(C(=O)OC(C)(C)C)CC1c1cccc(OC(C)C)c1. The molecule has 0 bridgehead atoms. The molecule has 1 aromatic rings. The standard InChI is InChI=1S/C22H33NO5/c1-7-26-20(24)18-11-12-23(21(25)28-22(4,5)6)14-19(18)16-9-8-10-17(13-16)27-15(2)3/h8-10,13,15,18-19H,7,11-12,14H2,1-6H3/t18-,19?/m1/s1. The predicted molar refractivity (Wildman–Crippen MR) is 107 cm³/mol. The maximum Gasteiger partial charge on any atom is 0.410 e. The van der Waals surface area contributed by atoms with Crippen molar-refractivity contribution in [2.24, 2.45) is 5.92 Å². The fourth-order valence-electron chi connectivity index (χ4n) is 3.40. The largest absolute Gasteiger partial charge is 0.491 e.